The Morgan fingerprint density at radius 2 is 1.73 bits per heavy atom. The molecule has 3 rings (SSSR count). The van der Waals surface area contributed by atoms with Gasteiger partial charge in [-0.2, -0.15) is 0 Å². The topological polar surface area (TPSA) is 86.0 Å². The molecule has 6 nitrogen and oxygen atoms in total. The number of fused-ring (bicyclic) bond motifs is 1. The number of hydrogen-bond donors (Lipinski definition) is 1. The molecule has 0 saturated heterocycles. The largest absolute Gasteiger partial charge is 0.482 e. The minimum absolute atomic E-state index is 0.127. The number of carboxylic acid groups (broad SMARTS) is 1. The van der Waals surface area contributed by atoms with Gasteiger partial charge in [0.05, 0.1) is 5.39 Å². The summed E-state index contributed by atoms with van der Waals surface area (Å²) in [6.45, 7) is 5.08. The molecule has 2 aromatic carbocycles. The summed E-state index contributed by atoms with van der Waals surface area (Å²) < 4.78 is 16.6. The summed E-state index contributed by atoms with van der Waals surface area (Å²) in [5, 5.41) is 9.01. The molecule has 0 spiro atoms. The molecule has 1 aromatic heterocycles. The summed E-state index contributed by atoms with van der Waals surface area (Å²) in [5.74, 6) is 0.253. The van der Waals surface area contributed by atoms with E-state index in [0.717, 1.165) is 11.1 Å². The first-order valence-electron chi connectivity index (χ1n) is 8.01. The first-order chi connectivity index (χ1) is 12.3. The molecule has 0 aliphatic carbocycles. The molecule has 0 atom stereocenters. The second kappa shape index (κ2) is 6.92. The van der Waals surface area contributed by atoms with Gasteiger partial charge in [-0.25, -0.2) is 4.79 Å². The number of rotatable bonds is 5. The highest BCUT2D eigenvalue weighted by molar-refractivity contribution is 5.80. The molecule has 0 bridgehead atoms. The molecular formula is C20H18O6. The predicted octanol–water partition coefficient (Wildman–Crippen LogP) is 3.97. The fourth-order valence-corrected chi connectivity index (χ4v) is 2.73. The fraction of sp³-hybridized carbons (Fsp3) is 0.200. The maximum atomic E-state index is 12.8. The van der Waals surface area contributed by atoms with Crippen molar-refractivity contribution in [2.45, 2.75) is 20.8 Å². The van der Waals surface area contributed by atoms with Gasteiger partial charge in [0.15, 0.2) is 6.61 Å². The van der Waals surface area contributed by atoms with Crippen molar-refractivity contribution in [3.05, 3.63) is 63.5 Å². The Kier molecular flexibility index (Phi) is 4.67. The predicted molar refractivity (Wildman–Crippen MR) is 96.3 cm³/mol. The van der Waals surface area contributed by atoms with Crippen LogP contribution in [-0.4, -0.2) is 17.7 Å². The van der Waals surface area contributed by atoms with Crippen molar-refractivity contribution in [3.8, 4) is 17.2 Å². The number of carbonyl (C=O) groups is 1. The summed E-state index contributed by atoms with van der Waals surface area (Å²) in [5.41, 5.74) is 2.07. The Balaban J connectivity index is 2.00. The van der Waals surface area contributed by atoms with Crippen LogP contribution in [0.2, 0.25) is 0 Å². The zero-order valence-corrected chi connectivity index (χ0v) is 14.7. The van der Waals surface area contributed by atoms with Crippen molar-refractivity contribution in [1.29, 1.82) is 0 Å². The lowest BCUT2D eigenvalue weighted by molar-refractivity contribution is -0.139. The van der Waals surface area contributed by atoms with Crippen LogP contribution < -0.4 is 14.9 Å². The molecule has 0 aliphatic rings. The summed E-state index contributed by atoms with van der Waals surface area (Å²) >= 11 is 0. The first kappa shape index (κ1) is 17.5. The van der Waals surface area contributed by atoms with E-state index in [1.54, 1.807) is 6.92 Å². The highest BCUT2D eigenvalue weighted by atomic mass is 16.5. The lowest BCUT2D eigenvalue weighted by Crippen LogP contribution is -2.10. The van der Waals surface area contributed by atoms with E-state index in [1.807, 2.05) is 32.0 Å². The molecule has 26 heavy (non-hydrogen) atoms. The Labute approximate surface area is 149 Å². The van der Waals surface area contributed by atoms with E-state index in [1.165, 1.54) is 18.2 Å². The molecule has 0 amide bonds. The zero-order valence-electron chi connectivity index (χ0n) is 14.7. The van der Waals surface area contributed by atoms with E-state index >= 15 is 0 Å². The lowest BCUT2D eigenvalue weighted by Gasteiger charge is -2.11. The molecule has 0 saturated carbocycles. The third kappa shape index (κ3) is 3.69. The second-order valence-electron chi connectivity index (χ2n) is 6.08. The molecule has 1 N–H and O–H groups in total. The maximum absolute atomic E-state index is 12.8. The van der Waals surface area contributed by atoms with Crippen molar-refractivity contribution in [1.82, 2.24) is 0 Å². The van der Waals surface area contributed by atoms with Gasteiger partial charge in [-0.15, -0.1) is 0 Å². The molecule has 1 heterocycles. The monoisotopic (exact) mass is 354 g/mol. The summed E-state index contributed by atoms with van der Waals surface area (Å²) in [6, 6.07) is 10.3. The van der Waals surface area contributed by atoms with Crippen molar-refractivity contribution < 1.29 is 23.8 Å². The third-order valence-electron chi connectivity index (χ3n) is 3.76. The van der Waals surface area contributed by atoms with Crippen molar-refractivity contribution in [3.63, 3.8) is 0 Å². The lowest BCUT2D eigenvalue weighted by atomic mass is 10.1. The van der Waals surface area contributed by atoms with Crippen LogP contribution in [0.15, 0.2) is 45.6 Å². The molecule has 6 heteroatoms. The smallest absolute Gasteiger partial charge is 0.341 e. The van der Waals surface area contributed by atoms with Gasteiger partial charge in [-0.05, 0) is 56.2 Å². The Hall–Kier alpha value is -3.28. The summed E-state index contributed by atoms with van der Waals surface area (Å²) in [4.78, 5) is 23.4. The van der Waals surface area contributed by atoms with Gasteiger partial charge >= 0.3 is 5.97 Å². The van der Waals surface area contributed by atoms with E-state index in [4.69, 9.17) is 19.0 Å². The van der Waals surface area contributed by atoms with Crippen LogP contribution in [0.3, 0.4) is 0 Å². The van der Waals surface area contributed by atoms with Crippen molar-refractivity contribution in [2.24, 2.45) is 0 Å². The normalized spacial score (nSPS) is 10.7. The Morgan fingerprint density at radius 3 is 2.38 bits per heavy atom. The SMILES string of the molecule is Cc1cc(C)cc(Oc2c(C)oc3cc(OCC(=O)O)ccc3c2=O)c1. The zero-order chi connectivity index (χ0) is 18.8. The molecular weight excluding hydrogens is 336 g/mol. The van der Waals surface area contributed by atoms with Crippen LogP contribution >= 0.6 is 0 Å². The van der Waals surface area contributed by atoms with Crippen molar-refractivity contribution in [2.75, 3.05) is 6.61 Å². The van der Waals surface area contributed by atoms with Gasteiger partial charge in [0.2, 0.25) is 11.2 Å². The molecule has 0 radical (unpaired) electrons. The van der Waals surface area contributed by atoms with Gasteiger partial charge in [-0.3, -0.25) is 4.79 Å². The van der Waals surface area contributed by atoms with E-state index in [2.05, 4.69) is 0 Å². The van der Waals surface area contributed by atoms with Crippen LogP contribution in [0.5, 0.6) is 17.2 Å². The number of aryl methyl sites for hydroxylation is 3. The number of aliphatic carboxylic acids is 1. The highest BCUT2D eigenvalue weighted by Gasteiger charge is 2.15. The minimum Gasteiger partial charge on any atom is -0.482 e. The third-order valence-corrected chi connectivity index (χ3v) is 3.76. The number of ether oxygens (including phenoxy) is 2. The number of hydrogen-bond acceptors (Lipinski definition) is 5. The highest BCUT2D eigenvalue weighted by Crippen LogP contribution is 2.28. The van der Waals surface area contributed by atoms with Gasteiger partial charge in [0.25, 0.3) is 0 Å². The average Bonchev–Trinajstić information content (AvgIpc) is 2.55. The maximum Gasteiger partial charge on any atom is 0.341 e. The van der Waals surface area contributed by atoms with Gasteiger partial charge < -0.3 is 19.0 Å². The van der Waals surface area contributed by atoms with Crippen LogP contribution in [0, 0.1) is 20.8 Å². The van der Waals surface area contributed by atoms with Crippen LogP contribution in [0.25, 0.3) is 11.0 Å². The van der Waals surface area contributed by atoms with Crippen LogP contribution in [0.4, 0.5) is 0 Å². The second-order valence-corrected chi connectivity index (χ2v) is 6.08. The van der Waals surface area contributed by atoms with Crippen molar-refractivity contribution >= 4 is 16.9 Å². The van der Waals surface area contributed by atoms with E-state index < -0.39 is 12.6 Å². The fourth-order valence-electron chi connectivity index (χ4n) is 2.73. The Morgan fingerprint density at radius 1 is 1.04 bits per heavy atom. The quantitative estimate of drug-likeness (QED) is 0.746. The van der Waals surface area contributed by atoms with E-state index in [0.29, 0.717) is 28.2 Å². The number of benzene rings is 2. The van der Waals surface area contributed by atoms with Gasteiger partial charge in [-0.1, -0.05) is 6.07 Å². The first-order valence-corrected chi connectivity index (χ1v) is 8.01. The summed E-state index contributed by atoms with van der Waals surface area (Å²) in [6.07, 6.45) is 0. The average molecular weight is 354 g/mol. The standard InChI is InChI=1S/C20H18O6/c1-11-6-12(2)8-15(7-11)26-20-13(3)25-17-9-14(24-10-18(21)22)4-5-16(17)19(20)23/h4-9H,10H2,1-3H3,(H,21,22). The molecule has 3 aromatic rings. The molecule has 0 unspecified atom stereocenters. The summed E-state index contributed by atoms with van der Waals surface area (Å²) in [7, 11) is 0. The number of carboxylic acids is 1. The van der Waals surface area contributed by atoms with Crippen LogP contribution in [-0.2, 0) is 4.79 Å². The van der Waals surface area contributed by atoms with Gasteiger partial charge in [0.1, 0.15) is 22.8 Å². The minimum atomic E-state index is -1.08. The Bertz CT molecular complexity index is 1030. The van der Waals surface area contributed by atoms with Gasteiger partial charge in [0, 0.05) is 6.07 Å². The molecule has 134 valence electrons. The van der Waals surface area contributed by atoms with E-state index in [-0.39, 0.29) is 11.2 Å². The van der Waals surface area contributed by atoms with Crippen LogP contribution in [0.1, 0.15) is 16.9 Å². The molecule has 0 fully saturated rings. The van der Waals surface area contributed by atoms with E-state index in [9.17, 15) is 9.59 Å². The molecule has 0 aliphatic heterocycles.